The van der Waals surface area contributed by atoms with E-state index in [-0.39, 0.29) is 16.8 Å². The van der Waals surface area contributed by atoms with Crippen LogP contribution in [0.3, 0.4) is 0 Å². The zero-order valence-corrected chi connectivity index (χ0v) is 13.3. The molecular formula is C13H18N2O3S2. The van der Waals surface area contributed by atoms with Gasteiger partial charge < -0.3 is 10.6 Å². The smallest absolute Gasteiger partial charge is 0.253 e. The molecule has 1 unspecified atom stereocenters. The Hall–Kier alpha value is -1.47. The van der Waals surface area contributed by atoms with Crippen LogP contribution in [0.25, 0.3) is 0 Å². The fraction of sp³-hybridized carbons (Fsp3) is 0.385. The predicted molar refractivity (Wildman–Crippen MR) is 82.5 cm³/mol. The fourth-order valence-corrected chi connectivity index (χ4v) is 2.60. The number of sulfone groups is 1. The number of nitrogens with zero attached hydrogens (tertiary/aromatic N) is 1. The zero-order valence-electron chi connectivity index (χ0n) is 11.7. The van der Waals surface area contributed by atoms with E-state index in [0.29, 0.717) is 17.0 Å². The minimum Gasteiger partial charge on any atom is -0.393 e. The molecule has 0 aromatic heterocycles. The minimum absolute atomic E-state index is 0.124. The van der Waals surface area contributed by atoms with Gasteiger partial charge in [0.15, 0.2) is 9.84 Å². The third-order valence-electron chi connectivity index (χ3n) is 2.99. The molecule has 0 heterocycles. The van der Waals surface area contributed by atoms with Crippen LogP contribution >= 0.6 is 12.2 Å². The Balaban J connectivity index is 3.01. The van der Waals surface area contributed by atoms with Gasteiger partial charge in [-0.2, -0.15) is 0 Å². The van der Waals surface area contributed by atoms with Gasteiger partial charge in [0.05, 0.1) is 9.88 Å². The van der Waals surface area contributed by atoms with Gasteiger partial charge in [0.2, 0.25) is 0 Å². The van der Waals surface area contributed by atoms with Crippen molar-refractivity contribution in [1.82, 2.24) is 4.90 Å². The quantitative estimate of drug-likeness (QED) is 0.827. The molecule has 7 heteroatoms. The van der Waals surface area contributed by atoms with Crippen molar-refractivity contribution in [3.8, 4) is 0 Å². The summed E-state index contributed by atoms with van der Waals surface area (Å²) in [7, 11) is -1.70. The number of rotatable bonds is 5. The van der Waals surface area contributed by atoms with Gasteiger partial charge in [-0.25, -0.2) is 8.42 Å². The van der Waals surface area contributed by atoms with Gasteiger partial charge >= 0.3 is 0 Å². The van der Waals surface area contributed by atoms with Crippen LogP contribution in [-0.4, -0.2) is 43.6 Å². The van der Waals surface area contributed by atoms with Crippen molar-refractivity contribution in [2.24, 2.45) is 5.73 Å². The molecule has 2 N–H and O–H groups in total. The van der Waals surface area contributed by atoms with E-state index in [0.717, 1.165) is 6.26 Å². The molecule has 1 rings (SSSR count). The van der Waals surface area contributed by atoms with E-state index in [1.807, 2.05) is 6.92 Å². The number of hydrogen-bond acceptors (Lipinski definition) is 4. The zero-order chi connectivity index (χ0) is 15.5. The van der Waals surface area contributed by atoms with E-state index in [2.05, 4.69) is 0 Å². The van der Waals surface area contributed by atoms with Crippen molar-refractivity contribution in [3.63, 3.8) is 0 Å². The molecule has 1 atom stereocenters. The number of nitrogens with two attached hydrogens (primary N) is 1. The number of carbonyl (C=O) groups is 1. The molecule has 1 amide bonds. The molecular weight excluding hydrogens is 296 g/mol. The van der Waals surface area contributed by atoms with Gasteiger partial charge in [0, 0.05) is 31.3 Å². The molecule has 5 nitrogen and oxygen atoms in total. The average Bonchev–Trinajstić information content (AvgIpc) is 2.35. The molecule has 1 aromatic rings. The summed E-state index contributed by atoms with van der Waals surface area (Å²) in [5, 5.41) is 0. The molecule has 20 heavy (non-hydrogen) atoms. The monoisotopic (exact) mass is 314 g/mol. The topological polar surface area (TPSA) is 80.5 Å². The van der Waals surface area contributed by atoms with Gasteiger partial charge in [-0.05, 0) is 25.1 Å². The summed E-state index contributed by atoms with van der Waals surface area (Å²) in [6.45, 7) is 1.83. The Morgan fingerprint density at radius 2 is 2.05 bits per heavy atom. The van der Waals surface area contributed by atoms with Crippen molar-refractivity contribution >= 4 is 33.0 Å². The van der Waals surface area contributed by atoms with Crippen LogP contribution in [0.2, 0.25) is 0 Å². The van der Waals surface area contributed by atoms with Crippen molar-refractivity contribution in [2.75, 3.05) is 13.3 Å². The summed E-state index contributed by atoms with van der Waals surface area (Å²) in [6, 6.07) is 5.82. The Labute approximate surface area is 124 Å². The van der Waals surface area contributed by atoms with Crippen molar-refractivity contribution in [3.05, 3.63) is 29.8 Å². The van der Waals surface area contributed by atoms with E-state index >= 15 is 0 Å². The Bertz CT molecular complexity index is 626. The van der Waals surface area contributed by atoms with Crippen LogP contribution in [0, 0.1) is 0 Å². The number of thiocarbonyl (C=S) groups is 1. The molecule has 0 aliphatic carbocycles. The second kappa shape index (κ2) is 6.32. The maximum atomic E-state index is 12.3. The lowest BCUT2D eigenvalue weighted by Crippen LogP contribution is -2.37. The number of hydrogen-bond donors (Lipinski definition) is 1. The highest BCUT2D eigenvalue weighted by Gasteiger charge is 2.19. The molecule has 0 fully saturated rings. The van der Waals surface area contributed by atoms with Crippen molar-refractivity contribution in [1.29, 1.82) is 0 Å². The second-order valence-electron chi connectivity index (χ2n) is 4.74. The van der Waals surface area contributed by atoms with E-state index in [1.54, 1.807) is 19.2 Å². The van der Waals surface area contributed by atoms with Gasteiger partial charge in [-0.15, -0.1) is 0 Å². The largest absolute Gasteiger partial charge is 0.393 e. The molecule has 0 aliphatic heterocycles. The number of benzene rings is 1. The summed E-state index contributed by atoms with van der Waals surface area (Å²) in [5.41, 5.74) is 5.79. The van der Waals surface area contributed by atoms with Crippen LogP contribution in [0.1, 0.15) is 23.7 Å². The lowest BCUT2D eigenvalue weighted by Gasteiger charge is -2.24. The molecule has 0 bridgehead atoms. The molecule has 0 saturated heterocycles. The van der Waals surface area contributed by atoms with E-state index in [4.69, 9.17) is 18.0 Å². The first-order valence-corrected chi connectivity index (χ1v) is 8.28. The molecule has 0 spiro atoms. The van der Waals surface area contributed by atoms with E-state index in [9.17, 15) is 13.2 Å². The first kappa shape index (κ1) is 16.6. The lowest BCUT2D eigenvalue weighted by molar-refractivity contribution is 0.0748. The lowest BCUT2D eigenvalue weighted by atomic mass is 10.1. The standard InChI is InChI=1S/C13H18N2O3S2/c1-9(7-12(14)19)15(2)13(16)10-5-4-6-11(8-10)20(3,17)18/h4-6,8-9H,7H2,1-3H3,(H2,14,19). The van der Waals surface area contributed by atoms with Crippen LogP contribution in [0.5, 0.6) is 0 Å². The Kier molecular flexibility index (Phi) is 5.24. The highest BCUT2D eigenvalue weighted by atomic mass is 32.2. The molecule has 0 aliphatic rings. The van der Waals surface area contributed by atoms with Crippen LogP contribution < -0.4 is 5.73 Å². The average molecular weight is 314 g/mol. The molecule has 1 aromatic carbocycles. The van der Waals surface area contributed by atoms with Crippen LogP contribution in [0.15, 0.2) is 29.2 Å². The summed E-state index contributed by atoms with van der Waals surface area (Å²) < 4.78 is 23.0. The first-order chi connectivity index (χ1) is 9.12. The van der Waals surface area contributed by atoms with Gasteiger partial charge in [0.25, 0.3) is 5.91 Å². The minimum atomic E-state index is -3.34. The predicted octanol–water partition coefficient (Wildman–Crippen LogP) is 1.23. The maximum Gasteiger partial charge on any atom is 0.253 e. The Morgan fingerprint density at radius 3 is 2.55 bits per heavy atom. The van der Waals surface area contributed by atoms with Crippen molar-refractivity contribution < 1.29 is 13.2 Å². The van der Waals surface area contributed by atoms with Gasteiger partial charge in [0.1, 0.15) is 0 Å². The number of amides is 1. The summed E-state index contributed by atoms with van der Waals surface area (Å²) in [6.07, 6.45) is 1.53. The third-order valence-corrected chi connectivity index (χ3v) is 4.26. The number of carbonyl (C=O) groups excluding carboxylic acids is 1. The summed E-state index contributed by atoms with van der Waals surface area (Å²) in [4.78, 5) is 14.3. The summed E-state index contributed by atoms with van der Waals surface area (Å²) in [5.74, 6) is -0.265. The van der Waals surface area contributed by atoms with Gasteiger partial charge in [-0.3, -0.25) is 4.79 Å². The molecule has 0 radical (unpaired) electrons. The van der Waals surface area contributed by atoms with Crippen LogP contribution in [-0.2, 0) is 9.84 Å². The summed E-state index contributed by atoms with van der Waals surface area (Å²) >= 11 is 4.82. The molecule has 0 saturated carbocycles. The van der Waals surface area contributed by atoms with Crippen LogP contribution in [0.4, 0.5) is 0 Å². The van der Waals surface area contributed by atoms with Gasteiger partial charge in [-0.1, -0.05) is 18.3 Å². The second-order valence-corrected chi connectivity index (χ2v) is 7.28. The normalized spacial score (nSPS) is 12.8. The maximum absolute atomic E-state index is 12.3. The highest BCUT2D eigenvalue weighted by molar-refractivity contribution is 7.90. The third kappa shape index (κ3) is 4.28. The van der Waals surface area contributed by atoms with E-state index < -0.39 is 9.84 Å². The fourth-order valence-electron chi connectivity index (χ4n) is 1.69. The molecule has 110 valence electrons. The SMILES string of the molecule is CC(CC(N)=S)N(C)C(=O)c1cccc(S(C)(=O)=O)c1. The first-order valence-electron chi connectivity index (χ1n) is 5.98. The Morgan fingerprint density at radius 1 is 1.45 bits per heavy atom. The van der Waals surface area contributed by atoms with E-state index in [1.165, 1.54) is 17.0 Å². The van der Waals surface area contributed by atoms with Crippen molar-refractivity contribution in [2.45, 2.75) is 24.3 Å². The highest BCUT2D eigenvalue weighted by Crippen LogP contribution is 2.14.